The first-order valence-corrected chi connectivity index (χ1v) is 8.02. The van der Waals surface area contributed by atoms with Crippen molar-refractivity contribution in [3.8, 4) is 0 Å². The molecule has 6 heteroatoms. The number of nitrogens with one attached hydrogen (secondary N) is 2. The molecule has 0 aromatic heterocycles. The van der Waals surface area contributed by atoms with E-state index in [0.717, 1.165) is 25.7 Å². The predicted molar refractivity (Wildman–Crippen MR) is 77.4 cm³/mol. The van der Waals surface area contributed by atoms with Crippen molar-refractivity contribution in [3.63, 3.8) is 0 Å². The molecule has 4 atom stereocenters. The van der Waals surface area contributed by atoms with Gasteiger partial charge in [-0.15, -0.1) is 4.72 Å². The van der Waals surface area contributed by atoms with Gasteiger partial charge in [0.05, 0.1) is 6.04 Å². The third-order valence-electron chi connectivity index (χ3n) is 3.60. The molecular weight excluding hydrogens is 264 g/mol. The van der Waals surface area contributed by atoms with Crippen LogP contribution in [0.1, 0.15) is 53.4 Å². The lowest BCUT2D eigenvalue weighted by atomic mass is 9.82. The van der Waals surface area contributed by atoms with Crippen LogP contribution in [-0.4, -0.2) is 32.6 Å². The van der Waals surface area contributed by atoms with Gasteiger partial charge in [0, 0.05) is 17.4 Å². The van der Waals surface area contributed by atoms with Gasteiger partial charge in [0.2, 0.25) is 0 Å². The van der Waals surface area contributed by atoms with E-state index in [0.29, 0.717) is 5.92 Å². The van der Waals surface area contributed by atoms with E-state index in [1.165, 1.54) is 0 Å². The second-order valence-electron chi connectivity index (χ2n) is 6.36. The zero-order valence-corrected chi connectivity index (χ0v) is 13.0. The summed E-state index contributed by atoms with van der Waals surface area (Å²) in [5, 5.41) is 11.3. The number of hydrogen-bond donors (Lipinski definition) is 3. The summed E-state index contributed by atoms with van der Waals surface area (Å²) in [7, 11) is 0. The lowest BCUT2D eigenvalue weighted by Crippen LogP contribution is -2.48. The first-order chi connectivity index (χ1) is 8.70. The number of carboxylic acid groups (broad SMARTS) is 1. The molecule has 19 heavy (non-hydrogen) atoms. The van der Waals surface area contributed by atoms with Gasteiger partial charge in [-0.05, 0) is 52.9 Å². The van der Waals surface area contributed by atoms with Crippen LogP contribution in [0.4, 0.5) is 4.79 Å². The Morgan fingerprint density at radius 1 is 1.42 bits per heavy atom. The van der Waals surface area contributed by atoms with Crippen LogP contribution in [0.25, 0.3) is 0 Å². The van der Waals surface area contributed by atoms with Gasteiger partial charge in [-0.2, -0.15) is 0 Å². The van der Waals surface area contributed by atoms with E-state index in [4.69, 9.17) is 5.11 Å². The molecule has 0 saturated heterocycles. The molecule has 0 spiro atoms. The summed E-state index contributed by atoms with van der Waals surface area (Å²) >= 11 is -1.08. The largest absolute Gasteiger partial charge is 0.598 e. The molecule has 5 nitrogen and oxygen atoms in total. The standard InChI is InChI=1S/C13H26N2O3S/c1-9(15-19(18)13(2,3)4)10-6-5-7-11(8-10)14-12(16)17/h9-11,14-15H,5-8H2,1-4H3,(H,16,17)/t9?,10-,11+,19?/m1/s1. The first-order valence-electron chi connectivity index (χ1n) is 6.87. The summed E-state index contributed by atoms with van der Waals surface area (Å²) in [4.78, 5) is 10.7. The average molecular weight is 290 g/mol. The van der Waals surface area contributed by atoms with E-state index in [-0.39, 0.29) is 16.8 Å². The second kappa shape index (κ2) is 6.81. The van der Waals surface area contributed by atoms with Gasteiger partial charge in [-0.3, -0.25) is 0 Å². The Balaban J connectivity index is 2.48. The van der Waals surface area contributed by atoms with Gasteiger partial charge in [-0.25, -0.2) is 4.79 Å². The molecule has 1 amide bonds. The molecule has 3 N–H and O–H groups in total. The van der Waals surface area contributed by atoms with Gasteiger partial charge >= 0.3 is 6.09 Å². The maximum absolute atomic E-state index is 12.1. The van der Waals surface area contributed by atoms with Crippen molar-refractivity contribution < 1.29 is 14.5 Å². The topological polar surface area (TPSA) is 84.4 Å². The van der Waals surface area contributed by atoms with E-state index in [1.54, 1.807) is 0 Å². The fourth-order valence-corrected chi connectivity index (χ4v) is 3.31. The van der Waals surface area contributed by atoms with Crippen LogP contribution in [-0.2, 0) is 11.4 Å². The summed E-state index contributed by atoms with van der Waals surface area (Å²) in [5.74, 6) is 0.372. The first kappa shape index (κ1) is 16.6. The molecule has 0 aliphatic heterocycles. The Morgan fingerprint density at radius 3 is 2.58 bits per heavy atom. The molecule has 1 saturated carbocycles. The third kappa shape index (κ3) is 5.58. The van der Waals surface area contributed by atoms with Crippen molar-refractivity contribution in [1.82, 2.24) is 10.0 Å². The monoisotopic (exact) mass is 290 g/mol. The lowest BCUT2D eigenvalue weighted by Gasteiger charge is -2.34. The summed E-state index contributed by atoms with van der Waals surface area (Å²) < 4.78 is 15.0. The number of rotatable bonds is 4. The van der Waals surface area contributed by atoms with E-state index < -0.39 is 17.5 Å². The summed E-state index contributed by atoms with van der Waals surface area (Å²) in [5.41, 5.74) is 0. The molecule has 1 aliphatic rings. The van der Waals surface area contributed by atoms with Crippen molar-refractivity contribution in [2.45, 2.75) is 70.2 Å². The normalized spacial score (nSPS) is 27.6. The fourth-order valence-electron chi connectivity index (χ4n) is 2.43. The molecule has 0 heterocycles. The fraction of sp³-hybridized carbons (Fsp3) is 0.923. The molecule has 2 unspecified atom stereocenters. The van der Waals surface area contributed by atoms with Gasteiger partial charge in [0.25, 0.3) is 0 Å². The lowest BCUT2D eigenvalue weighted by molar-refractivity contribution is 0.178. The maximum atomic E-state index is 12.1. The average Bonchev–Trinajstić information content (AvgIpc) is 2.27. The van der Waals surface area contributed by atoms with E-state index in [9.17, 15) is 9.35 Å². The molecule has 0 aromatic rings. The molecule has 0 aromatic carbocycles. The van der Waals surface area contributed by atoms with E-state index in [1.807, 2.05) is 27.7 Å². The molecule has 1 rings (SSSR count). The van der Waals surface area contributed by atoms with Crippen LogP contribution in [0.3, 0.4) is 0 Å². The summed E-state index contributed by atoms with van der Waals surface area (Å²) in [6.45, 7) is 7.87. The van der Waals surface area contributed by atoms with Gasteiger partial charge in [0.15, 0.2) is 0 Å². The molecule has 112 valence electrons. The Kier molecular flexibility index (Phi) is 5.95. The van der Waals surface area contributed by atoms with E-state index in [2.05, 4.69) is 10.0 Å². The minimum Gasteiger partial charge on any atom is -0.598 e. The minimum atomic E-state index is -1.08. The second-order valence-corrected chi connectivity index (χ2v) is 8.36. The number of carbonyl (C=O) groups is 1. The number of amides is 1. The minimum absolute atomic E-state index is 0.0311. The SMILES string of the molecule is CC(N[S+]([O-])C(C)(C)C)[C@@H]1CCC[C@H](NC(=O)O)C1. The molecule has 1 aliphatic carbocycles. The van der Waals surface area contributed by atoms with Crippen LogP contribution in [0.5, 0.6) is 0 Å². The predicted octanol–water partition coefficient (Wildman–Crippen LogP) is 2.25. The van der Waals surface area contributed by atoms with Crippen LogP contribution in [0.2, 0.25) is 0 Å². The van der Waals surface area contributed by atoms with Crippen LogP contribution < -0.4 is 10.0 Å². The Morgan fingerprint density at radius 2 is 2.05 bits per heavy atom. The smallest absolute Gasteiger partial charge is 0.404 e. The summed E-state index contributed by atoms with van der Waals surface area (Å²) in [6.07, 6.45) is 2.85. The highest BCUT2D eigenvalue weighted by molar-refractivity contribution is 7.90. The van der Waals surface area contributed by atoms with Gasteiger partial charge in [-0.1, -0.05) is 6.42 Å². The molecule has 0 bridgehead atoms. The van der Waals surface area contributed by atoms with Crippen LogP contribution in [0.15, 0.2) is 0 Å². The Labute approximate surface area is 118 Å². The van der Waals surface area contributed by atoms with Crippen molar-refractivity contribution >= 4 is 17.5 Å². The zero-order chi connectivity index (χ0) is 14.6. The highest BCUT2D eigenvalue weighted by Crippen LogP contribution is 2.28. The molecular formula is C13H26N2O3S. The van der Waals surface area contributed by atoms with Crippen molar-refractivity contribution in [2.75, 3.05) is 0 Å². The van der Waals surface area contributed by atoms with Crippen molar-refractivity contribution in [3.05, 3.63) is 0 Å². The summed E-state index contributed by atoms with van der Waals surface area (Å²) in [6, 6.07) is 0.169. The van der Waals surface area contributed by atoms with Crippen LogP contribution >= 0.6 is 0 Å². The third-order valence-corrected chi connectivity index (χ3v) is 5.30. The molecule has 1 fully saturated rings. The van der Waals surface area contributed by atoms with E-state index >= 15 is 0 Å². The zero-order valence-electron chi connectivity index (χ0n) is 12.2. The quantitative estimate of drug-likeness (QED) is 0.693. The van der Waals surface area contributed by atoms with Crippen molar-refractivity contribution in [1.29, 1.82) is 0 Å². The van der Waals surface area contributed by atoms with Crippen LogP contribution in [0, 0.1) is 5.92 Å². The highest BCUT2D eigenvalue weighted by Gasteiger charge is 2.33. The van der Waals surface area contributed by atoms with Gasteiger partial charge < -0.3 is 15.0 Å². The van der Waals surface area contributed by atoms with Gasteiger partial charge in [0.1, 0.15) is 4.75 Å². The van der Waals surface area contributed by atoms with Crippen molar-refractivity contribution in [2.24, 2.45) is 5.92 Å². The highest BCUT2D eigenvalue weighted by atomic mass is 32.2. The molecule has 0 radical (unpaired) electrons. The Bertz CT molecular complexity index is 307. The Hall–Kier alpha value is -0.460. The number of hydrogen-bond acceptors (Lipinski definition) is 3. The maximum Gasteiger partial charge on any atom is 0.404 e.